The van der Waals surface area contributed by atoms with E-state index in [0.29, 0.717) is 12.0 Å². The molecule has 1 saturated heterocycles. The van der Waals surface area contributed by atoms with Crippen molar-refractivity contribution in [1.82, 2.24) is 10.2 Å². The predicted octanol–water partition coefficient (Wildman–Crippen LogP) is 4.21. The van der Waals surface area contributed by atoms with Crippen LogP contribution in [0.4, 0.5) is 17.6 Å². The van der Waals surface area contributed by atoms with Crippen LogP contribution >= 0.6 is 0 Å². The molecule has 0 unspecified atom stereocenters. The molecule has 1 amide bonds. The van der Waals surface area contributed by atoms with E-state index >= 15 is 0 Å². The largest absolute Gasteiger partial charge is 0.416 e. The Balaban J connectivity index is 1.70. The van der Waals surface area contributed by atoms with Crippen molar-refractivity contribution >= 4 is 5.91 Å². The number of piperidine rings is 1. The maximum absolute atomic E-state index is 13.2. The number of halogens is 4. The van der Waals surface area contributed by atoms with Gasteiger partial charge in [-0.05, 0) is 61.7 Å². The molecule has 1 aliphatic heterocycles. The first-order valence-corrected chi connectivity index (χ1v) is 9.55. The van der Waals surface area contributed by atoms with Crippen LogP contribution in [0.1, 0.15) is 29.5 Å². The van der Waals surface area contributed by atoms with Crippen LogP contribution in [0.15, 0.2) is 48.5 Å². The molecule has 2 aromatic carbocycles. The Morgan fingerprint density at radius 3 is 2.10 bits per heavy atom. The lowest BCUT2D eigenvalue weighted by molar-refractivity contribution is -0.137. The zero-order valence-electron chi connectivity index (χ0n) is 16.2. The molecule has 7 heteroatoms. The van der Waals surface area contributed by atoms with Gasteiger partial charge < -0.3 is 10.2 Å². The number of carbonyl (C=O) groups is 1. The Kier molecular flexibility index (Phi) is 6.27. The Morgan fingerprint density at radius 2 is 1.55 bits per heavy atom. The molecule has 2 aromatic rings. The lowest BCUT2D eigenvalue weighted by atomic mass is 9.81. The van der Waals surface area contributed by atoms with Gasteiger partial charge in [0.05, 0.1) is 12.0 Å². The number of hydrogen-bond acceptors (Lipinski definition) is 2. The second-order valence-corrected chi connectivity index (χ2v) is 7.81. The van der Waals surface area contributed by atoms with Crippen LogP contribution in [0.2, 0.25) is 0 Å². The first-order valence-electron chi connectivity index (χ1n) is 9.55. The molecule has 1 N–H and O–H groups in total. The first-order chi connectivity index (χ1) is 13.7. The zero-order chi connectivity index (χ0) is 21.1. The Hall–Kier alpha value is -2.41. The third-order valence-corrected chi connectivity index (χ3v) is 5.45. The van der Waals surface area contributed by atoms with Crippen LogP contribution in [0, 0.1) is 5.82 Å². The molecule has 0 bridgehead atoms. The van der Waals surface area contributed by atoms with Crippen LogP contribution in [0.3, 0.4) is 0 Å². The standard InChI is InChI=1S/C22H24F4N2O/c1-28-12-10-21(11-13-28,15-17-4-8-19(23)9-5-17)27-20(29)14-16-2-6-18(7-3-16)22(24,25)26/h2-9H,10-15H2,1H3,(H,27,29). The van der Waals surface area contributed by atoms with E-state index in [0.717, 1.165) is 43.6 Å². The summed E-state index contributed by atoms with van der Waals surface area (Å²) >= 11 is 0. The van der Waals surface area contributed by atoms with Crippen molar-refractivity contribution in [3.63, 3.8) is 0 Å². The Labute approximate surface area is 167 Å². The van der Waals surface area contributed by atoms with Crippen molar-refractivity contribution in [3.05, 3.63) is 71.0 Å². The number of hydrogen-bond donors (Lipinski definition) is 1. The zero-order valence-corrected chi connectivity index (χ0v) is 16.2. The molecule has 0 saturated carbocycles. The predicted molar refractivity (Wildman–Crippen MR) is 103 cm³/mol. The quantitative estimate of drug-likeness (QED) is 0.752. The molecule has 1 heterocycles. The Bertz CT molecular complexity index is 823. The number of carbonyl (C=O) groups excluding carboxylic acids is 1. The summed E-state index contributed by atoms with van der Waals surface area (Å²) in [7, 11) is 2.02. The minimum absolute atomic E-state index is 0.0130. The van der Waals surface area contributed by atoms with Crippen LogP contribution in [0.5, 0.6) is 0 Å². The molecule has 0 aliphatic carbocycles. The lowest BCUT2D eigenvalue weighted by Gasteiger charge is -2.41. The average molecular weight is 408 g/mol. The van der Waals surface area contributed by atoms with Crippen molar-refractivity contribution in [2.24, 2.45) is 0 Å². The molecular formula is C22H24F4N2O. The monoisotopic (exact) mass is 408 g/mol. The minimum Gasteiger partial charge on any atom is -0.350 e. The summed E-state index contributed by atoms with van der Waals surface area (Å²) < 4.78 is 51.3. The van der Waals surface area contributed by atoms with Gasteiger partial charge in [0.2, 0.25) is 5.91 Å². The molecule has 1 aliphatic rings. The smallest absolute Gasteiger partial charge is 0.350 e. The molecule has 0 atom stereocenters. The van der Waals surface area contributed by atoms with Crippen LogP contribution in [-0.2, 0) is 23.8 Å². The van der Waals surface area contributed by atoms with Crippen LogP contribution in [0.25, 0.3) is 0 Å². The molecular weight excluding hydrogens is 384 g/mol. The maximum atomic E-state index is 13.2. The molecule has 0 spiro atoms. The third-order valence-electron chi connectivity index (χ3n) is 5.45. The summed E-state index contributed by atoms with van der Waals surface area (Å²) in [5.74, 6) is -0.533. The van der Waals surface area contributed by atoms with Gasteiger partial charge in [-0.2, -0.15) is 13.2 Å². The number of benzene rings is 2. The van der Waals surface area contributed by atoms with E-state index in [1.165, 1.54) is 24.3 Å². The van der Waals surface area contributed by atoms with Crippen molar-refractivity contribution in [3.8, 4) is 0 Å². The fraction of sp³-hybridized carbons (Fsp3) is 0.409. The van der Waals surface area contributed by atoms with Gasteiger partial charge in [0.25, 0.3) is 0 Å². The van der Waals surface area contributed by atoms with Gasteiger partial charge in [-0.3, -0.25) is 4.79 Å². The van der Waals surface area contributed by atoms with E-state index in [1.54, 1.807) is 12.1 Å². The number of alkyl halides is 3. The summed E-state index contributed by atoms with van der Waals surface area (Å²) in [4.78, 5) is 14.9. The van der Waals surface area contributed by atoms with Crippen molar-refractivity contribution in [1.29, 1.82) is 0 Å². The molecule has 156 valence electrons. The normalized spacial score (nSPS) is 17.1. The lowest BCUT2D eigenvalue weighted by Crippen LogP contribution is -2.56. The SMILES string of the molecule is CN1CCC(Cc2ccc(F)cc2)(NC(=O)Cc2ccc(C(F)(F)F)cc2)CC1. The minimum atomic E-state index is -4.39. The van der Waals surface area contributed by atoms with E-state index in [4.69, 9.17) is 0 Å². The van der Waals surface area contributed by atoms with E-state index in [1.807, 2.05) is 7.05 Å². The van der Waals surface area contributed by atoms with Gasteiger partial charge in [0.15, 0.2) is 0 Å². The van der Waals surface area contributed by atoms with Crippen molar-refractivity contribution in [2.75, 3.05) is 20.1 Å². The summed E-state index contributed by atoms with van der Waals surface area (Å²) in [5.41, 5.74) is 0.281. The number of likely N-dealkylation sites (tertiary alicyclic amines) is 1. The second kappa shape index (κ2) is 8.53. The number of nitrogens with one attached hydrogen (secondary N) is 1. The summed E-state index contributed by atoms with van der Waals surface area (Å²) in [6.07, 6.45) is -2.30. The van der Waals surface area contributed by atoms with E-state index in [9.17, 15) is 22.4 Å². The molecule has 3 rings (SSSR count). The fourth-order valence-electron chi connectivity index (χ4n) is 3.72. The van der Waals surface area contributed by atoms with Crippen LogP contribution in [-0.4, -0.2) is 36.5 Å². The van der Waals surface area contributed by atoms with E-state index < -0.39 is 17.3 Å². The highest BCUT2D eigenvalue weighted by atomic mass is 19.4. The van der Waals surface area contributed by atoms with Crippen molar-refractivity contribution in [2.45, 2.75) is 37.4 Å². The summed E-state index contributed by atoms with van der Waals surface area (Å²) in [6.45, 7) is 1.64. The number of nitrogens with zero attached hydrogens (tertiary/aromatic N) is 1. The van der Waals surface area contributed by atoms with E-state index in [2.05, 4.69) is 10.2 Å². The molecule has 1 fully saturated rings. The average Bonchev–Trinajstić information content (AvgIpc) is 2.66. The fourth-order valence-corrected chi connectivity index (χ4v) is 3.72. The van der Waals surface area contributed by atoms with Gasteiger partial charge >= 0.3 is 6.18 Å². The molecule has 3 nitrogen and oxygen atoms in total. The molecule has 0 radical (unpaired) electrons. The Morgan fingerprint density at radius 1 is 1.00 bits per heavy atom. The number of rotatable bonds is 5. The highest BCUT2D eigenvalue weighted by Gasteiger charge is 2.35. The van der Waals surface area contributed by atoms with Crippen molar-refractivity contribution < 1.29 is 22.4 Å². The summed E-state index contributed by atoms with van der Waals surface area (Å²) in [6, 6.07) is 10.9. The van der Waals surface area contributed by atoms with Crippen LogP contribution < -0.4 is 5.32 Å². The number of amides is 1. The molecule has 29 heavy (non-hydrogen) atoms. The third kappa shape index (κ3) is 5.79. The van der Waals surface area contributed by atoms with Gasteiger partial charge in [0, 0.05) is 18.6 Å². The highest BCUT2D eigenvalue weighted by Crippen LogP contribution is 2.29. The maximum Gasteiger partial charge on any atom is 0.416 e. The molecule has 0 aromatic heterocycles. The van der Waals surface area contributed by atoms with Gasteiger partial charge in [-0.1, -0.05) is 24.3 Å². The van der Waals surface area contributed by atoms with Gasteiger partial charge in [-0.25, -0.2) is 4.39 Å². The first kappa shape index (κ1) is 21.3. The second-order valence-electron chi connectivity index (χ2n) is 7.81. The van der Waals surface area contributed by atoms with Gasteiger partial charge in [-0.15, -0.1) is 0 Å². The van der Waals surface area contributed by atoms with E-state index in [-0.39, 0.29) is 18.1 Å². The highest BCUT2D eigenvalue weighted by molar-refractivity contribution is 5.79. The summed E-state index contributed by atoms with van der Waals surface area (Å²) in [5, 5.41) is 3.13. The topological polar surface area (TPSA) is 32.3 Å². The van der Waals surface area contributed by atoms with Gasteiger partial charge in [0.1, 0.15) is 5.82 Å².